The molecule has 64 valence electrons. The first kappa shape index (κ1) is 7.83. The molecule has 12 heavy (non-hydrogen) atoms. The maximum absolute atomic E-state index is 9.06. The molecule has 0 atom stereocenters. The van der Waals surface area contributed by atoms with E-state index in [0.717, 1.165) is 5.69 Å². The van der Waals surface area contributed by atoms with Crippen LogP contribution in [-0.4, -0.2) is 29.3 Å². The molecule has 0 bridgehead atoms. The standard InChI is InChI=1S/C8H9ClN2O/c9-8-3-6(1-2-10-8)11-4-7(12)5-11/h1-3,7,12H,4-5H2. The molecular formula is C8H9ClN2O. The molecule has 4 heteroatoms. The Kier molecular flexibility index (Phi) is 1.90. The molecule has 0 unspecified atom stereocenters. The predicted octanol–water partition coefficient (Wildman–Crippen LogP) is 0.916. The summed E-state index contributed by atoms with van der Waals surface area (Å²) >= 11 is 5.71. The lowest BCUT2D eigenvalue weighted by Gasteiger charge is -2.37. The van der Waals surface area contributed by atoms with E-state index < -0.39 is 0 Å². The normalized spacial score (nSPS) is 17.7. The molecule has 0 spiro atoms. The topological polar surface area (TPSA) is 36.4 Å². The molecule has 1 aromatic heterocycles. The molecule has 1 saturated heterocycles. The van der Waals surface area contributed by atoms with Gasteiger partial charge in [-0.1, -0.05) is 11.6 Å². The Morgan fingerprint density at radius 1 is 1.58 bits per heavy atom. The summed E-state index contributed by atoms with van der Waals surface area (Å²) in [5, 5.41) is 9.55. The molecule has 0 aromatic carbocycles. The van der Waals surface area contributed by atoms with Crippen LogP contribution >= 0.6 is 11.6 Å². The number of aromatic nitrogens is 1. The Bertz CT molecular complexity index is 286. The fraction of sp³-hybridized carbons (Fsp3) is 0.375. The third-order valence-electron chi connectivity index (χ3n) is 1.94. The minimum absolute atomic E-state index is 0.183. The number of aliphatic hydroxyl groups excluding tert-OH is 1. The fourth-order valence-electron chi connectivity index (χ4n) is 1.26. The van der Waals surface area contributed by atoms with E-state index in [1.54, 1.807) is 12.3 Å². The lowest BCUT2D eigenvalue weighted by molar-refractivity contribution is 0.142. The van der Waals surface area contributed by atoms with Gasteiger partial charge >= 0.3 is 0 Å². The summed E-state index contributed by atoms with van der Waals surface area (Å²) < 4.78 is 0. The zero-order chi connectivity index (χ0) is 8.55. The first-order valence-electron chi connectivity index (χ1n) is 3.80. The molecule has 0 saturated carbocycles. The Labute approximate surface area is 75.6 Å². The van der Waals surface area contributed by atoms with Crippen LogP contribution in [0.15, 0.2) is 18.3 Å². The van der Waals surface area contributed by atoms with Gasteiger partial charge in [-0.15, -0.1) is 0 Å². The maximum atomic E-state index is 9.06. The molecule has 0 aliphatic carbocycles. The highest BCUT2D eigenvalue weighted by Crippen LogP contribution is 2.22. The van der Waals surface area contributed by atoms with Crippen molar-refractivity contribution in [3.63, 3.8) is 0 Å². The summed E-state index contributed by atoms with van der Waals surface area (Å²) in [6.07, 6.45) is 1.49. The molecule has 1 aliphatic rings. The first-order chi connectivity index (χ1) is 5.75. The molecule has 2 rings (SSSR count). The van der Waals surface area contributed by atoms with E-state index in [9.17, 15) is 0 Å². The zero-order valence-corrected chi connectivity index (χ0v) is 7.20. The summed E-state index contributed by atoms with van der Waals surface area (Å²) in [4.78, 5) is 5.93. The monoisotopic (exact) mass is 184 g/mol. The molecule has 1 aliphatic heterocycles. The van der Waals surface area contributed by atoms with Gasteiger partial charge in [0, 0.05) is 25.0 Å². The van der Waals surface area contributed by atoms with Gasteiger partial charge < -0.3 is 10.0 Å². The van der Waals surface area contributed by atoms with Gasteiger partial charge in [0.15, 0.2) is 0 Å². The smallest absolute Gasteiger partial charge is 0.131 e. The lowest BCUT2D eigenvalue weighted by Crippen LogP contribution is -2.50. The Balaban J connectivity index is 2.13. The van der Waals surface area contributed by atoms with Crippen molar-refractivity contribution in [1.29, 1.82) is 0 Å². The molecule has 0 radical (unpaired) electrons. The van der Waals surface area contributed by atoms with E-state index in [0.29, 0.717) is 18.2 Å². The number of β-amino-alcohol motifs (C(OH)–C–C–N with tert-alkyl or cyclic N) is 1. The summed E-state index contributed by atoms with van der Waals surface area (Å²) in [6.45, 7) is 1.39. The number of nitrogens with zero attached hydrogens (tertiary/aromatic N) is 2. The van der Waals surface area contributed by atoms with E-state index in [1.807, 2.05) is 6.07 Å². The van der Waals surface area contributed by atoms with Crippen LogP contribution in [0.5, 0.6) is 0 Å². The van der Waals surface area contributed by atoms with Crippen molar-refractivity contribution < 1.29 is 5.11 Å². The van der Waals surface area contributed by atoms with Crippen molar-refractivity contribution in [2.24, 2.45) is 0 Å². The highest BCUT2D eigenvalue weighted by Gasteiger charge is 2.24. The van der Waals surface area contributed by atoms with Gasteiger partial charge in [-0.05, 0) is 12.1 Å². The van der Waals surface area contributed by atoms with Gasteiger partial charge in [-0.25, -0.2) is 4.98 Å². The van der Waals surface area contributed by atoms with Crippen molar-refractivity contribution in [3.05, 3.63) is 23.5 Å². The molecular weight excluding hydrogens is 176 g/mol. The number of anilines is 1. The van der Waals surface area contributed by atoms with Crippen LogP contribution in [-0.2, 0) is 0 Å². The Hall–Kier alpha value is -0.800. The van der Waals surface area contributed by atoms with E-state index in [4.69, 9.17) is 16.7 Å². The number of pyridine rings is 1. The Morgan fingerprint density at radius 2 is 2.33 bits per heavy atom. The minimum atomic E-state index is -0.183. The highest BCUT2D eigenvalue weighted by atomic mass is 35.5. The molecule has 0 amide bonds. The van der Waals surface area contributed by atoms with Gasteiger partial charge in [-0.2, -0.15) is 0 Å². The van der Waals surface area contributed by atoms with E-state index >= 15 is 0 Å². The number of hydrogen-bond donors (Lipinski definition) is 1. The number of halogens is 1. The van der Waals surface area contributed by atoms with Crippen LogP contribution in [0.4, 0.5) is 5.69 Å². The first-order valence-corrected chi connectivity index (χ1v) is 4.18. The van der Waals surface area contributed by atoms with Gasteiger partial charge in [0.05, 0.1) is 6.10 Å². The van der Waals surface area contributed by atoms with Crippen LogP contribution in [0, 0.1) is 0 Å². The van der Waals surface area contributed by atoms with E-state index in [1.165, 1.54) is 0 Å². The van der Waals surface area contributed by atoms with Crippen LogP contribution < -0.4 is 4.90 Å². The van der Waals surface area contributed by atoms with Crippen LogP contribution in [0.25, 0.3) is 0 Å². The number of rotatable bonds is 1. The van der Waals surface area contributed by atoms with Gasteiger partial charge in [-0.3, -0.25) is 0 Å². The highest BCUT2D eigenvalue weighted by molar-refractivity contribution is 6.29. The molecule has 1 fully saturated rings. The van der Waals surface area contributed by atoms with Crippen LogP contribution in [0.3, 0.4) is 0 Å². The second-order valence-electron chi connectivity index (χ2n) is 2.90. The quantitative estimate of drug-likeness (QED) is 0.660. The van der Waals surface area contributed by atoms with Gasteiger partial charge in [0.25, 0.3) is 0 Å². The number of aliphatic hydroxyl groups is 1. The van der Waals surface area contributed by atoms with E-state index in [-0.39, 0.29) is 6.10 Å². The minimum Gasteiger partial charge on any atom is -0.389 e. The molecule has 3 nitrogen and oxygen atoms in total. The SMILES string of the molecule is OC1CN(c2ccnc(Cl)c2)C1. The van der Waals surface area contributed by atoms with Crippen LogP contribution in [0.1, 0.15) is 0 Å². The molecule has 1 N–H and O–H groups in total. The van der Waals surface area contributed by atoms with Crippen molar-refractivity contribution in [2.45, 2.75) is 6.10 Å². The average molecular weight is 185 g/mol. The van der Waals surface area contributed by atoms with Crippen LogP contribution in [0.2, 0.25) is 5.15 Å². The average Bonchev–Trinajstić information content (AvgIpc) is 1.99. The summed E-state index contributed by atoms with van der Waals surface area (Å²) in [5.74, 6) is 0. The predicted molar refractivity (Wildman–Crippen MR) is 47.5 cm³/mol. The maximum Gasteiger partial charge on any atom is 0.131 e. The lowest BCUT2D eigenvalue weighted by atomic mass is 10.1. The summed E-state index contributed by atoms with van der Waals surface area (Å²) in [7, 11) is 0. The van der Waals surface area contributed by atoms with Crippen molar-refractivity contribution in [2.75, 3.05) is 18.0 Å². The second-order valence-corrected chi connectivity index (χ2v) is 3.28. The number of hydrogen-bond acceptors (Lipinski definition) is 3. The fourth-order valence-corrected chi connectivity index (χ4v) is 1.42. The Morgan fingerprint density at radius 3 is 2.92 bits per heavy atom. The van der Waals surface area contributed by atoms with Gasteiger partial charge in [0.1, 0.15) is 5.15 Å². The van der Waals surface area contributed by atoms with Crippen molar-refractivity contribution in [3.8, 4) is 0 Å². The zero-order valence-electron chi connectivity index (χ0n) is 6.44. The van der Waals surface area contributed by atoms with E-state index in [2.05, 4.69) is 9.88 Å². The third kappa shape index (κ3) is 1.38. The largest absolute Gasteiger partial charge is 0.389 e. The van der Waals surface area contributed by atoms with Crippen molar-refractivity contribution in [1.82, 2.24) is 4.98 Å². The third-order valence-corrected chi connectivity index (χ3v) is 2.14. The summed E-state index contributed by atoms with van der Waals surface area (Å²) in [5.41, 5.74) is 1.03. The van der Waals surface area contributed by atoms with Crippen molar-refractivity contribution >= 4 is 17.3 Å². The molecule has 1 aromatic rings. The summed E-state index contributed by atoms with van der Waals surface area (Å²) in [6, 6.07) is 3.69. The van der Waals surface area contributed by atoms with Gasteiger partial charge in [0.2, 0.25) is 0 Å². The second kappa shape index (κ2) is 2.92. The molecule has 2 heterocycles.